The van der Waals surface area contributed by atoms with E-state index >= 15 is 0 Å². The number of nitrogens with zero attached hydrogens (tertiary/aromatic N) is 1. The predicted molar refractivity (Wildman–Crippen MR) is 69.3 cm³/mol. The van der Waals surface area contributed by atoms with Crippen LogP contribution in [0.15, 0.2) is 18.3 Å². The zero-order chi connectivity index (χ0) is 14.0. The molecule has 1 rings (SSSR count). The van der Waals surface area contributed by atoms with Crippen molar-refractivity contribution in [2.75, 3.05) is 5.32 Å². The number of carbonyl (C=O) groups is 1. The number of ether oxygens (including phenoxy) is 1. The molecule has 0 radical (unpaired) electrons. The van der Waals surface area contributed by atoms with Gasteiger partial charge in [0.1, 0.15) is 11.2 Å². The highest BCUT2D eigenvalue weighted by molar-refractivity contribution is 5.85. The number of pyridine rings is 1. The molecule has 0 spiro atoms. The van der Waals surface area contributed by atoms with E-state index in [0.717, 1.165) is 0 Å². The fraction of sp³-hybridized carbons (Fsp3) is 0.538. The lowest BCUT2D eigenvalue weighted by Gasteiger charge is -2.23. The van der Waals surface area contributed by atoms with Crippen LogP contribution in [0, 0.1) is 0 Å². The molecule has 0 aliphatic heterocycles. The molecule has 0 atom stereocenters. The summed E-state index contributed by atoms with van der Waals surface area (Å²) in [4.78, 5) is 15.7. The van der Waals surface area contributed by atoms with Crippen LogP contribution in [0.3, 0.4) is 0 Å². The first-order valence-electron chi connectivity index (χ1n) is 5.77. The Morgan fingerprint density at radius 2 is 1.94 bits per heavy atom. The molecule has 0 aromatic carbocycles. The van der Waals surface area contributed by atoms with Gasteiger partial charge in [-0.3, -0.25) is 10.3 Å². The quantitative estimate of drug-likeness (QED) is 0.848. The van der Waals surface area contributed by atoms with Gasteiger partial charge < -0.3 is 9.84 Å². The topological polar surface area (TPSA) is 71.5 Å². The molecule has 0 aliphatic carbocycles. The third kappa shape index (κ3) is 4.33. The fourth-order valence-electron chi connectivity index (χ4n) is 1.41. The number of aliphatic hydroxyl groups is 1. The van der Waals surface area contributed by atoms with E-state index in [9.17, 15) is 9.90 Å². The Labute approximate surface area is 107 Å². The van der Waals surface area contributed by atoms with Crippen LogP contribution in [0.5, 0.6) is 0 Å². The van der Waals surface area contributed by atoms with Crippen LogP contribution in [0.25, 0.3) is 0 Å². The van der Waals surface area contributed by atoms with Crippen molar-refractivity contribution in [1.29, 1.82) is 0 Å². The highest BCUT2D eigenvalue weighted by Gasteiger charge is 2.24. The summed E-state index contributed by atoms with van der Waals surface area (Å²) >= 11 is 0. The number of amides is 1. The van der Waals surface area contributed by atoms with Crippen molar-refractivity contribution in [2.45, 2.75) is 45.8 Å². The minimum Gasteiger partial charge on any atom is -0.444 e. The molecule has 0 bridgehead atoms. The Hall–Kier alpha value is -1.62. The monoisotopic (exact) mass is 252 g/mol. The van der Waals surface area contributed by atoms with Crippen molar-refractivity contribution in [3.05, 3.63) is 24.0 Å². The Bertz CT molecular complexity index is 431. The molecule has 0 aliphatic rings. The van der Waals surface area contributed by atoms with Crippen molar-refractivity contribution in [3.8, 4) is 0 Å². The van der Waals surface area contributed by atoms with E-state index in [1.54, 1.807) is 52.9 Å². The van der Waals surface area contributed by atoms with Gasteiger partial charge in [-0.15, -0.1) is 0 Å². The summed E-state index contributed by atoms with van der Waals surface area (Å²) in [6, 6.07) is 3.35. The lowest BCUT2D eigenvalue weighted by atomic mass is 10.0. The molecule has 0 saturated carbocycles. The lowest BCUT2D eigenvalue weighted by Crippen LogP contribution is -2.29. The van der Waals surface area contributed by atoms with Crippen LogP contribution in [-0.2, 0) is 10.3 Å². The van der Waals surface area contributed by atoms with Gasteiger partial charge in [0.05, 0.1) is 11.4 Å². The molecule has 18 heavy (non-hydrogen) atoms. The molecule has 1 amide bonds. The van der Waals surface area contributed by atoms with E-state index < -0.39 is 17.3 Å². The maximum Gasteiger partial charge on any atom is 0.412 e. The van der Waals surface area contributed by atoms with Gasteiger partial charge in [0.25, 0.3) is 0 Å². The predicted octanol–water partition coefficient (Wildman–Crippen LogP) is 2.66. The molecular formula is C13H20N2O3. The first-order chi connectivity index (χ1) is 8.09. The van der Waals surface area contributed by atoms with Crippen molar-refractivity contribution in [3.63, 3.8) is 0 Å². The standard InChI is InChI=1S/C13H20N2O3/c1-12(2,3)18-11(16)15-9-7-6-8-14-10(9)13(4,5)17/h6-8,17H,1-5H3,(H,15,16). The molecule has 100 valence electrons. The number of rotatable bonds is 2. The first kappa shape index (κ1) is 14.4. The van der Waals surface area contributed by atoms with E-state index in [4.69, 9.17) is 4.74 Å². The zero-order valence-corrected chi connectivity index (χ0v) is 11.4. The number of carbonyl (C=O) groups excluding carboxylic acids is 1. The smallest absolute Gasteiger partial charge is 0.412 e. The minimum atomic E-state index is -1.13. The summed E-state index contributed by atoms with van der Waals surface area (Å²) in [7, 11) is 0. The van der Waals surface area contributed by atoms with Crippen molar-refractivity contribution in [1.82, 2.24) is 4.98 Å². The lowest BCUT2D eigenvalue weighted by molar-refractivity contribution is 0.0630. The van der Waals surface area contributed by atoms with Gasteiger partial charge in [0.15, 0.2) is 0 Å². The van der Waals surface area contributed by atoms with Gasteiger partial charge in [-0.1, -0.05) is 0 Å². The summed E-state index contributed by atoms with van der Waals surface area (Å²) in [5.74, 6) is 0. The summed E-state index contributed by atoms with van der Waals surface area (Å²) in [6.45, 7) is 8.57. The SMILES string of the molecule is CC(C)(C)OC(=O)Nc1cccnc1C(C)(C)O. The van der Waals surface area contributed by atoms with Gasteiger partial charge in [0.2, 0.25) is 0 Å². The van der Waals surface area contributed by atoms with Gasteiger partial charge in [-0.2, -0.15) is 0 Å². The van der Waals surface area contributed by atoms with E-state index in [2.05, 4.69) is 10.3 Å². The van der Waals surface area contributed by atoms with Gasteiger partial charge >= 0.3 is 6.09 Å². The van der Waals surface area contributed by atoms with Crippen molar-refractivity contribution < 1.29 is 14.6 Å². The number of hydrogen-bond acceptors (Lipinski definition) is 4. The second-order valence-corrected chi connectivity index (χ2v) is 5.59. The van der Waals surface area contributed by atoms with Crippen LogP contribution >= 0.6 is 0 Å². The van der Waals surface area contributed by atoms with E-state index in [-0.39, 0.29) is 0 Å². The Kier molecular flexibility index (Phi) is 3.96. The Morgan fingerprint density at radius 1 is 1.33 bits per heavy atom. The fourth-order valence-corrected chi connectivity index (χ4v) is 1.41. The maximum atomic E-state index is 11.7. The summed E-state index contributed by atoms with van der Waals surface area (Å²) in [5, 5.41) is 12.6. The summed E-state index contributed by atoms with van der Waals surface area (Å²) in [5.41, 5.74) is -0.859. The molecule has 1 heterocycles. The number of nitrogens with one attached hydrogen (secondary N) is 1. The average molecular weight is 252 g/mol. The molecule has 0 saturated heterocycles. The molecule has 1 aromatic rings. The molecule has 0 fully saturated rings. The number of anilines is 1. The van der Waals surface area contributed by atoms with E-state index in [1.165, 1.54) is 0 Å². The number of aromatic nitrogens is 1. The highest BCUT2D eigenvalue weighted by Crippen LogP contribution is 2.25. The molecule has 5 nitrogen and oxygen atoms in total. The van der Waals surface area contributed by atoms with Gasteiger partial charge in [-0.05, 0) is 46.8 Å². The second-order valence-electron chi connectivity index (χ2n) is 5.59. The van der Waals surface area contributed by atoms with Crippen LogP contribution in [0.2, 0.25) is 0 Å². The molecule has 1 aromatic heterocycles. The van der Waals surface area contributed by atoms with Crippen LogP contribution in [-0.4, -0.2) is 21.8 Å². The Balaban J connectivity index is 2.89. The Morgan fingerprint density at radius 3 is 2.44 bits per heavy atom. The second kappa shape index (κ2) is 4.94. The third-order valence-electron chi connectivity index (χ3n) is 2.02. The summed E-state index contributed by atoms with van der Waals surface area (Å²) in [6.07, 6.45) is 0.995. The highest BCUT2D eigenvalue weighted by atomic mass is 16.6. The van der Waals surface area contributed by atoms with Gasteiger partial charge in [-0.25, -0.2) is 4.79 Å². The molecular weight excluding hydrogens is 232 g/mol. The van der Waals surface area contributed by atoms with Crippen LogP contribution < -0.4 is 5.32 Å². The van der Waals surface area contributed by atoms with Crippen molar-refractivity contribution >= 4 is 11.8 Å². The zero-order valence-electron chi connectivity index (χ0n) is 11.4. The van der Waals surface area contributed by atoms with E-state index in [1.807, 2.05) is 0 Å². The normalized spacial score (nSPS) is 12.1. The number of hydrogen-bond donors (Lipinski definition) is 2. The van der Waals surface area contributed by atoms with Crippen LogP contribution in [0.1, 0.15) is 40.3 Å². The maximum absolute atomic E-state index is 11.7. The minimum absolute atomic E-state index is 0.399. The molecule has 2 N–H and O–H groups in total. The van der Waals surface area contributed by atoms with Gasteiger partial charge in [0, 0.05) is 6.20 Å². The largest absolute Gasteiger partial charge is 0.444 e. The van der Waals surface area contributed by atoms with Crippen LogP contribution in [0.4, 0.5) is 10.5 Å². The van der Waals surface area contributed by atoms with E-state index in [0.29, 0.717) is 11.4 Å². The first-order valence-corrected chi connectivity index (χ1v) is 5.77. The molecule has 5 heteroatoms. The van der Waals surface area contributed by atoms with Crippen molar-refractivity contribution in [2.24, 2.45) is 0 Å². The molecule has 0 unspecified atom stereocenters. The summed E-state index contributed by atoms with van der Waals surface area (Å²) < 4.78 is 5.15. The average Bonchev–Trinajstić information content (AvgIpc) is 2.13. The third-order valence-corrected chi connectivity index (χ3v) is 2.02.